The molecule has 1 atom stereocenters. The molecule has 3 N–H and O–H groups in total. The third kappa shape index (κ3) is 3.05. The van der Waals surface area contributed by atoms with Gasteiger partial charge in [-0.25, -0.2) is 4.98 Å². The summed E-state index contributed by atoms with van der Waals surface area (Å²) in [6, 6.07) is 7.32. The van der Waals surface area contributed by atoms with Gasteiger partial charge < -0.3 is 15.6 Å². The Morgan fingerprint density at radius 1 is 1.33 bits per heavy atom. The summed E-state index contributed by atoms with van der Waals surface area (Å²) >= 11 is 1.25. The first kappa shape index (κ1) is 16.3. The number of aromatic nitrogens is 2. The maximum absolute atomic E-state index is 12.7. The van der Waals surface area contributed by atoms with Crippen molar-refractivity contribution in [3.63, 3.8) is 0 Å². The van der Waals surface area contributed by atoms with Gasteiger partial charge in [0.2, 0.25) is 11.8 Å². The lowest BCUT2D eigenvalue weighted by molar-refractivity contribution is -0.123. The van der Waals surface area contributed by atoms with Crippen molar-refractivity contribution < 1.29 is 9.59 Å². The number of H-pyrrole nitrogens is 1. The third-order valence-corrected chi connectivity index (χ3v) is 4.42. The van der Waals surface area contributed by atoms with Gasteiger partial charge >= 0.3 is 0 Å². The summed E-state index contributed by atoms with van der Waals surface area (Å²) in [6.45, 7) is 1.87. The highest BCUT2D eigenvalue weighted by molar-refractivity contribution is 7.98. The number of aromatic amines is 1. The molecule has 1 aromatic carbocycles. The third-order valence-electron chi connectivity index (χ3n) is 3.84. The quantitative estimate of drug-likeness (QED) is 0.582. The lowest BCUT2D eigenvalue weighted by atomic mass is 9.92. The molecule has 2 amide bonds. The lowest BCUT2D eigenvalue weighted by Crippen LogP contribution is -2.36. The molecule has 1 aromatic heterocycles. The predicted molar refractivity (Wildman–Crippen MR) is 92.4 cm³/mol. The number of fused-ring (bicyclic) bond motifs is 1. The Morgan fingerprint density at radius 2 is 2.08 bits per heavy atom. The Morgan fingerprint density at radius 3 is 2.79 bits per heavy atom. The number of nitrogens with zero attached hydrogens (tertiary/aromatic N) is 1. The molecule has 7 nitrogen and oxygen atoms in total. The van der Waals surface area contributed by atoms with Crippen molar-refractivity contribution in [1.29, 1.82) is 0 Å². The number of carbonyl (C=O) groups excluding carboxylic acids is 2. The van der Waals surface area contributed by atoms with E-state index in [-0.39, 0.29) is 23.7 Å². The zero-order valence-electron chi connectivity index (χ0n) is 13.2. The lowest BCUT2D eigenvalue weighted by Gasteiger charge is -2.23. The van der Waals surface area contributed by atoms with Crippen LogP contribution >= 0.6 is 11.8 Å². The molecule has 1 aliphatic heterocycles. The van der Waals surface area contributed by atoms with Crippen molar-refractivity contribution in [2.75, 3.05) is 16.9 Å². The van der Waals surface area contributed by atoms with Crippen LogP contribution in [-0.2, 0) is 9.59 Å². The van der Waals surface area contributed by atoms with E-state index >= 15 is 0 Å². The van der Waals surface area contributed by atoms with Crippen LogP contribution in [0.1, 0.15) is 23.5 Å². The molecule has 0 saturated heterocycles. The van der Waals surface area contributed by atoms with E-state index in [0.29, 0.717) is 10.8 Å². The topological polar surface area (TPSA) is 104 Å². The number of hydrogen-bond donors (Lipinski definition) is 3. The van der Waals surface area contributed by atoms with Crippen LogP contribution in [0.3, 0.4) is 0 Å². The highest BCUT2D eigenvalue weighted by Crippen LogP contribution is 2.30. The van der Waals surface area contributed by atoms with Gasteiger partial charge in [0.15, 0.2) is 5.16 Å². The van der Waals surface area contributed by atoms with Crippen LogP contribution in [0.4, 0.5) is 11.5 Å². The molecule has 0 unspecified atom stereocenters. The molecule has 2 aromatic rings. The second-order valence-electron chi connectivity index (χ2n) is 5.45. The monoisotopic (exact) mass is 344 g/mol. The number of thioether (sulfide) groups is 1. The van der Waals surface area contributed by atoms with E-state index in [1.54, 1.807) is 12.3 Å². The largest absolute Gasteiger partial charge is 0.325 e. The number of hydrogen-bond acceptors (Lipinski definition) is 5. The van der Waals surface area contributed by atoms with Crippen LogP contribution in [0.25, 0.3) is 0 Å². The van der Waals surface area contributed by atoms with Crippen molar-refractivity contribution >= 4 is 35.1 Å². The van der Waals surface area contributed by atoms with Crippen LogP contribution < -0.4 is 16.2 Å². The SMILES string of the molecule is CSc1nc2c(c(=O)[nH]1)[C@H](C(=O)Nc1ccccc1C)CC(=O)N2. The van der Waals surface area contributed by atoms with Gasteiger partial charge in [-0.15, -0.1) is 0 Å². The van der Waals surface area contributed by atoms with E-state index in [0.717, 1.165) is 5.56 Å². The average molecular weight is 344 g/mol. The first-order chi connectivity index (χ1) is 11.5. The highest BCUT2D eigenvalue weighted by atomic mass is 32.2. The summed E-state index contributed by atoms with van der Waals surface area (Å²) in [5.74, 6) is -1.45. The molecule has 2 heterocycles. The van der Waals surface area contributed by atoms with Gasteiger partial charge in [0.05, 0.1) is 11.5 Å². The Kier molecular flexibility index (Phi) is 4.39. The molecule has 24 heavy (non-hydrogen) atoms. The zero-order chi connectivity index (χ0) is 17.3. The van der Waals surface area contributed by atoms with Gasteiger partial charge in [0.1, 0.15) is 5.82 Å². The Labute approximate surface area is 142 Å². The van der Waals surface area contributed by atoms with Gasteiger partial charge in [0.25, 0.3) is 5.56 Å². The van der Waals surface area contributed by atoms with Crippen molar-refractivity contribution in [2.24, 2.45) is 0 Å². The predicted octanol–water partition coefficient (Wildman–Crippen LogP) is 1.86. The van der Waals surface area contributed by atoms with Gasteiger partial charge in [-0.3, -0.25) is 14.4 Å². The van der Waals surface area contributed by atoms with Gasteiger partial charge in [-0.05, 0) is 24.8 Å². The highest BCUT2D eigenvalue weighted by Gasteiger charge is 2.34. The fraction of sp³-hybridized carbons (Fsp3) is 0.250. The number of carbonyl (C=O) groups is 2. The van der Waals surface area contributed by atoms with E-state index < -0.39 is 17.4 Å². The summed E-state index contributed by atoms with van der Waals surface area (Å²) in [4.78, 5) is 43.7. The molecule has 8 heteroatoms. The molecule has 3 rings (SSSR count). The molecular formula is C16H16N4O3S. The van der Waals surface area contributed by atoms with E-state index in [4.69, 9.17) is 0 Å². The van der Waals surface area contributed by atoms with E-state index in [1.165, 1.54) is 11.8 Å². The summed E-state index contributed by atoms with van der Waals surface area (Å²) in [5.41, 5.74) is 1.34. The Bertz CT molecular complexity index is 878. The fourth-order valence-electron chi connectivity index (χ4n) is 2.60. The number of para-hydroxylation sites is 1. The molecular weight excluding hydrogens is 328 g/mol. The van der Waals surface area contributed by atoms with E-state index in [2.05, 4.69) is 20.6 Å². The average Bonchev–Trinajstić information content (AvgIpc) is 2.55. The van der Waals surface area contributed by atoms with Crippen LogP contribution in [-0.4, -0.2) is 28.0 Å². The van der Waals surface area contributed by atoms with E-state index in [9.17, 15) is 14.4 Å². The maximum atomic E-state index is 12.7. The summed E-state index contributed by atoms with van der Waals surface area (Å²) in [6.07, 6.45) is 1.67. The summed E-state index contributed by atoms with van der Waals surface area (Å²) in [7, 11) is 0. The minimum absolute atomic E-state index is 0.0892. The van der Waals surface area contributed by atoms with Crippen LogP contribution in [0.2, 0.25) is 0 Å². The standard InChI is InChI=1S/C16H16N4O3S/c1-8-5-3-4-6-10(8)17-14(22)9-7-11(21)18-13-12(9)15(23)20-16(19-13)24-2/h3-6,9H,7H2,1-2H3,(H,17,22)(H2,18,19,20,21,23)/t9-/m1/s1. The molecule has 0 radical (unpaired) electrons. The minimum Gasteiger partial charge on any atom is -0.325 e. The van der Waals surface area contributed by atoms with Crippen LogP contribution in [0, 0.1) is 6.92 Å². The first-order valence-corrected chi connectivity index (χ1v) is 8.56. The van der Waals surface area contributed by atoms with Crippen LogP contribution in [0.5, 0.6) is 0 Å². The molecule has 1 aliphatic rings. The van der Waals surface area contributed by atoms with Gasteiger partial charge in [0, 0.05) is 12.1 Å². The van der Waals surface area contributed by atoms with Gasteiger partial charge in [-0.2, -0.15) is 0 Å². The molecule has 0 aliphatic carbocycles. The van der Waals surface area contributed by atoms with Crippen LogP contribution in [0.15, 0.2) is 34.2 Å². The molecule has 0 bridgehead atoms. The second-order valence-corrected chi connectivity index (χ2v) is 6.24. The van der Waals surface area contributed by atoms with E-state index in [1.807, 2.05) is 25.1 Å². The Balaban J connectivity index is 1.98. The van der Waals surface area contributed by atoms with Gasteiger partial charge in [-0.1, -0.05) is 30.0 Å². The second kappa shape index (κ2) is 6.48. The smallest absolute Gasteiger partial charge is 0.257 e. The van der Waals surface area contributed by atoms with Crippen molar-refractivity contribution in [3.8, 4) is 0 Å². The number of anilines is 2. The maximum Gasteiger partial charge on any atom is 0.257 e. The van der Waals surface area contributed by atoms with Crippen molar-refractivity contribution in [3.05, 3.63) is 45.7 Å². The molecule has 124 valence electrons. The summed E-state index contributed by atoms with van der Waals surface area (Å²) in [5, 5.41) is 5.75. The number of amides is 2. The number of benzene rings is 1. The zero-order valence-corrected chi connectivity index (χ0v) is 14.0. The summed E-state index contributed by atoms with van der Waals surface area (Å²) < 4.78 is 0. The number of nitrogens with one attached hydrogen (secondary N) is 3. The number of aryl methyl sites for hydroxylation is 1. The van der Waals surface area contributed by atoms with Crippen molar-refractivity contribution in [1.82, 2.24) is 9.97 Å². The minimum atomic E-state index is -0.875. The fourth-order valence-corrected chi connectivity index (χ4v) is 2.98. The normalized spacial score (nSPS) is 16.2. The molecule has 0 spiro atoms. The number of rotatable bonds is 3. The Hall–Kier alpha value is -2.61. The molecule has 0 saturated carbocycles. The van der Waals surface area contributed by atoms with Crippen molar-refractivity contribution in [2.45, 2.75) is 24.4 Å². The molecule has 0 fully saturated rings. The first-order valence-electron chi connectivity index (χ1n) is 7.34.